The molecule has 0 aromatic carbocycles. The largest absolute Gasteiger partial charge is 0.375 e. The van der Waals surface area contributed by atoms with E-state index in [0.29, 0.717) is 39.2 Å². The molecule has 1 saturated carbocycles. The lowest BCUT2D eigenvalue weighted by Crippen LogP contribution is -2.80. The van der Waals surface area contributed by atoms with Crippen LogP contribution in [-0.2, 0) is 9.53 Å². The lowest BCUT2D eigenvalue weighted by molar-refractivity contribution is -0.134. The highest BCUT2D eigenvalue weighted by Gasteiger charge is 2.57. The first-order chi connectivity index (χ1) is 20.7. The van der Waals surface area contributed by atoms with E-state index in [-0.39, 0.29) is 60.5 Å². The Kier molecular flexibility index (Phi) is 9.31. The summed E-state index contributed by atoms with van der Waals surface area (Å²) in [5, 5.41) is 14.1. The molecule has 1 aliphatic carbocycles. The summed E-state index contributed by atoms with van der Waals surface area (Å²) in [5.74, 6) is -0.682. The van der Waals surface area contributed by atoms with Crippen molar-refractivity contribution >= 4 is 11.9 Å². The second kappa shape index (κ2) is 12.9. The van der Waals surface area contributed by atoms with Crippen molar-refractivity contribution in [2.24, 2.45) is 17.8 Å². The van der Waals surface area contributed by atoms with Crippen LogP contribution in [0.25, 0.3) is 0 Å². The standard InChI is InChI=1S/C31H51F2N7O3/c1-5-24(41)38-12-13-39(18(4)16-38)29-19-15-21(33)27-25-20(32)7-6-8-22(25)34-11-14-43-23-9-10-35-26(17(2)3)28(23)40(30(19)36-27)31(42)37-29/h5,17-23,25-30,34-36H,1,6-16H2,2-4H3,(H,37,42)/t18-,19?,20?,21?,22?,23?,25?,26?,27?,28?,29?,30?/m1/s1. The van der Waals surface area contributed by atoms with E-state index < -0.39 is 36.6 Å². The van der Waals surface area contributed by atoms with Crippen LogP contribution in [0.1, 0.15) is 52.9 Å². The Bertz CT molecular complexity index is 1040. The molecule has 6 fully saturated rings. The molecule has 0 radical (unpaired) electrons. The number of hydrogen-bond donors (Lipinski definition) is 4. The molecule has 3 amide bonds. The van der Waals surface area contributed by atoms with Crippen LogP contribution in [0.15, 0.2) is 12.7 Å². The van der Waals surface area contributed by atoms with Gasteiger partial charge in [-0.25, -0.2) is 13.6 Å². The van der Waals surface area contributed by atoms with E-state index in [4.69, 9.17) is 4.74 Å². The van der Waals surface area contributed by atoms with E-state index in [9.17, 15) is 9.59 Å². The van der Waals surface area contributed by atoms with Crippen LogP contribution in [0.3, 0.4) is 0 Å². The number of nitrogens with one attached hydrogen (secondary N) is 4. The second-order valence-corrected chi connectivity index (χ2v) is 13.9. The van der Waals surface area contributed by atoms with Gasteiger partial charge < -0.3 is 30.5 Å². The van der Waals surface area contributed by atoms with Crippen molar-refractivity contribution < 1.29 is 23.1 Å². The van der Waals surface area contributed by atoms with E-state index >= 15 is 8.78 Å². The number of fused-ring (bicyclic) bond motifs is 5. The van der Waals surface area contributed by atoms with Crippen molar-refractivity contribution in [2.45, 2.75) is 114 Å². The highest BCUT2D eigenvalue weighted by molar-refractivity contribution is 5.87. The maximum atomic E-state index is 16.5. The third-order valence-electron chi connectivity index (χ3n) is 11.1. The van der Waals surface area contributed by atoms with Crippen LogP contribution in [0, 0.1) is 17.8 Å². The van der Waals surface area contributed by atoms with Gasteiger partial charge in [0.15, 0.2) is 0 Å². The van der Waals surface area contributed by atoms with Gasteiger partial charge >= 0.3 is 6.03 Å². The van der Waals surface area contributed by atoms with Gasteiger partial charge in [0.05, 0.1) is 31.1 Å². The molecule has 4 N–H and O–H groups in total. The van der Waals surface area contributed by atoms with E-state index in [1.165, 1.54) is 6.08 Å². The van der Waals surface area contributed by atoms with Crippen molar-refractivity contribution in [3.05, 3.63) is 12.7 Å². The zero-order valence-electron chi connectivity index (χ0n) is 25.9. The molecule has 11 unspecified atom stereocenters. The Hall–Kier alpha value is -1.86. The first-order valence-corrected chi connectivity index (χ1v) is 16.6. The molecule has 12 heteroatoms. The number of carbonyl (C=O) groups excluding carboxylic acids is 2. The number of rotatable bonds is 3. The molecule has 12 atom stereocenters. The van der Waals surface area contributed by atoms with Gasteiger partial charge in [-0.2, -0.15) is 0 Å². The van der Waals surface area contributed by atoms with Crippen molar-refractivity contribution in [2.75, 3.05) is 39.3 Å². The Balaban J connectivity index is 1.37. The number of amides is 3. The number of piperazine rings is 1. The third-order valence-corrected chi connectivity index (χ3v) is 11.1. The Labute approximate surface area is 254 Å². The molecule has 5 heterocycles. The highest BCUT2D eigenvalue weighted by atomic mass is 19.1. The summed E-state index contributed by atoms with van der Waals surface area (Å²) >= 11 is 0. The zero-order valence-corrected chi connectivity index (χ0v) is 25.9. The number of nitrogens with zero attached hydrogens (tertiary/aromatic N) is 3. The van der Waals surface area contributed by atoms with Gasteiger partial charge in [-0.1, -0.05) is 20.4 Å². The van der Waals surface area contributed by atoms with Crippen molar-refractivity contribution in [1.82, 2.24) is 36.0 Å². The van der Waals surface area contributed by atoms with E-state index in [1.54, 1.807) is 4.90 Å². The van der Waals surface area contributed by atoms with Gasteiger partial charge in [0.2, 0.25) is 5.91 Å². The number of hydrogen-bond acceptors (Lipinski definition) is 7. The van der Waals surface area contributed by atoms with E-state index in [1.807, 2.05) is 11.8 Å². The topological polar surface area (TPSA) is 101 Å². The number of halogens is 2. The number of alkyl halides is 2. The van der Waals surface area contributed by atoms with Crippen molar-refractivity contribution in [1.29, 1.82) is 0 Å². The summed E-state index contributed by atoms with van der Waals surface area (Å²) in [6, 6.07) is -1.38. The predicted molar refractivity (Wildman–Crippen MR) is 160 cm³/mol. The maximum Gasteiger partial charge on any atom is 0.320 e. The number of ether oxygens (including phenoxy) is 1. The fraction of sp³-hybridized carbons (Fsp3) is 0.871. The van der Waals surface area contributed by atoms with Gasteiger partial charge in [-0.15, -0.1) is 0 Å². The quantitative estimate of drug-likeness (QED) is 0.362. The van der Waals surface area contributed by atoms with Gasteiger partial charge in [-0.3, -0.25) is 15.0 Å². The molecule has 0 aromatic rings. The van der Waals surface area contributed by atoms with Crippen LogP contribution in [0.4, 0.5) is 13.6 Å². The minimum Gasteiger partial charge on any atom is -0.375 e. The molecular formula is C31H51F2N7O3. The lowest BCUT2D eigenvalue weighted by atomic mass is 9.72. The fourth-order valence-electron chi connectivity index (χ4n) is 9.12. The molecule has 0 aromatic heterocycles. The van der Waals surface area contributed by atoms with Crippen molar-refractivity contribution in [3.63, 3.8) is 0 Å². The van der Waals surface area contributed by atoms with Gasteiger partial charge in [0.1, 0.15) is 12.3 Å². The van der Waals surface area contributed by atoms with Crippen LogP contribution < -0.4 is 21.3 Å². The fourth-order valence-corrected chi connectivity index (χ4v) is 9.12. The average molecular weight is 608 g/mol. The smallest absolute Gasteiger partial charge is 0.320 e. The number of piperidine rings is 2. The predicted octanol–water partition coefficient (Wildman–Crippen LogP) is 1.58. The lowest BCUT2D eigenvalue weighted by Gasteiger charge is -2.60. The van der Waals surface area contributed by atoms with Crippen molar-refractivity contribution in [3.8, 4) is 0 Å². The average Bonchev–Trinajstić information content (AvgIpc) is 2.98. The molecule has 43 heavy (non-hydrogen) atoms. The normalized spacial score (nSPS) is 44.4. The summed E-state index contributed by atoms with van der Waals surface area (Å²) < 4.78 is 38.8. The Morgan fingerprint density at radius 3 is 2.65 bits per heavy atom. The first kappa shape index (κ1) is 31.1. The summed E-state index contributed by atoms with van der Waals surface area (Å²) in [7, 11) is 0. The van der Waals surface area contributed by atoms with Crippen LogP contribution >= 0.6 is 0 Å². The zero-order chi connectivity index (χ0) is 30.4. The molecule has 6 rings (SSSR count). The summed E-state index contributed by atoms with van der Waals surface area (Å²) in [4.78, 5) is 32.6. The summed E-state index contributed by atoms with van der Waals surface area (Å²) in [5.41, 5.74) is 0. The SMILES string of the molecule is C=CC(=O)N1CCN(C2NC(=O)N3C4NC(C(F)CC42)C2C(F)CCCC2NCCOC2CCNC(C(C)C)C23)[C@H](C)C1. The minimum absolute atomic E-state index is 0.00955. The van der Waals surface area contributed by atoms with E-state index in [2.05, 4.69) is 46.6 Å². The first-order valence-electron chi connectivity index (χ1n) is 16.6. The molecule has 0 spiro atoms. The molecule has 5 aliphatic heterocycles. The van der Waals surface area contributed by atoms with Crippen LogP contribution in [0.5, 0.6) is 0 Å². The number of urea groups is 1. The monoisotopic (exact) mass is 607 g/mol. The second-order valence-electron chi connectivity index (χ2n) is 13.9. The third kappa shape index (κ3) is 5.82. The highest BCUT2D eigenvalue weighted by Crippen LogP contribution is 2.42. The van der Waals surface area contributed by atoms with Crippen LogP contribution in [0.2, 0.25) is 0 Å². The molecule has 6 aliphatic rings. The molecule has 242 valence electrons. The van der Waals surface area contributed by atoms with Gasteiger partial charge in [-0.05, 0) is 57.6 Å². The molecule has 5 saturated heterocycles. The summed E-state index contributed by atoms with van der Waals surface area (Å²) in [6.07, 6.45) is 0.864. The maximum absolute atomic E-state index is 16.5. The van der Waals surface area contributed by atoms with Gasteiger partial charge in [0.25, 0.3) is 0 Å². The summed E-state index contributed by atoms with van der Waals surface area (Å²) in [6.45, 7) is 13.4. The minimum atomic E-state index is -1.26. The van der Waals surface area contributed by atoms with E-state index in [0.717, 1.165) is 25.8 Å². The molecule has 10 nitrogen and oxygen atoms in total. The molecule has 2 bridgehead atoms. The Morgan fingerprint density at radius 2 is 1.91 bits per heavy atom. The Morgan fingerprint density at radius 1 is 1.09 bits per heavy atom. The molecular weight excluding hydrogens is 556 g/mol. The van der Waals surface area contributed by atoms with Crippen LogP contribution in [-0.4, -0.2) is 127 Å². The number of carbonyl (C=O) groups is 2. The van der Waals surface area contributed by atoms with Gasteiger partial charge in [0, 0.05) is 62.2 Å².